The molecule has 1 amide bonds. The molecule has 44 heavy (non-hydrogen) atoms. The van der Waals surface area contributed by atoms with E-state index in [1.54, 1.807) is 0 Å². The highest BCUT2D eigenvalue weighted by molar-refractivity contribution is 7.47. The largest absolute Gasteiger partial charge is 0.472 e. The normalized spacial score (nSPS) is 14.6. The van der Waals surface area contributed by atoms with Crippen molar-refractivity contribution in [1.29, 1.82) is 0 Å². The minimum atomic E-state index is -4.30. The van der Waals surface area contributed by atoms with Gasteiger partial charge in [-0.3, -0.25) is 13.8 Å². The zero-order valence-electron chi connectivity index (χ0n) is 28.7. The summed E-state index contributed by atoms with van der Waals surface area (Å²) in [6.45, 7) is 4.17. The smallest absolute Gasteiger partial charge is 0.391 e. The fraction of sp³-hybridized carbons (Fsp3) is 0.914. The Balaban J connectivity index is 4.25. The van der Waals surface area contributed by atoms with Gasteiger partial charge >= 0.3 is 7.82 Å². The monoisotopic (exact) mass is 647 g/mol. The number of rotatable bonds is 34. The van der Waals surface area contributed by atoms with Crippen LogP contribution in [0.25, 0.3) is 0 Å². The van der Waals surface area contributed by atoms with Crippen molar-refractivity contribution in [3.05, 3.63) is 12.2 Å². The van der Waals surface area contributed by atoms with Crippen molar-refractivity contribution in [1.82, 2.24) is 5.32 Å². The Morgan fingerprint density at radius 1 is 0.727 bits per heavy atom. The summed E-state index contributed by atoms with van der Waals surface area (Å²) in [5.74, 6) is -0.172. The second-order valence-corrected chi connectivity index (χ2v) is 13.9. The number of unbranched alkanes of at least 4 members (excludes halogenated alkanes) is 20. The van der Waals surface area contributed by atoms with Crippen LogP contribution in [0, 0.1) is 0 Å². The van der Waals surface area contributed by atoms with Gasteiger partial charge in [-0.1, -0.05) is 142 Å². The van der Waals surface area contributed by atoms with Crippen LogP contribution in [-0.4, -0.2) is 47.8 Å². The molecule has 3 atom stereocenters. The van der Waals surface area contributed by atoms with E-state index in [1.165, 1.54) is 96.3 Å². The maximum absolute atomic E-state index is 12.7. The topological polar surface area (TPSA) is 131 Å². The summed E-state index contributed by atoms with van der Waals surface area (Å²) >= 11 is 0. The second kappa shape index (κ2) is 32.2. The molecule has 0 aliphatic carbocycles. The van der Waals surface area contributed by atoms with Crippen LogP contribution in [0.4, 0.5) is 0 Å². The lowest BCUT2D eigenvalue weighted by atomic mass is 10.0. The summed E-state index contributed by atoms with van der Waals surface area (Å²) in [4.78, 5) is 22.5. The number of aliphatic hydroxyl groups is 1. The molecule has 0 bridgehead atoms. The molecule has 0 aromatic carbocycles. The van der Waals surface area contributed by atoms with Gasteiger partial charge in [0.15, 0.2) is 0 Å². The number of hydrogen-bond acceptors (Lipinski definition) is 6. The molecule has 262 valence electrons. The van der Waals surface area contributed by atoms with Crippen LogP contribution in [-0.2, 0) is 18.4 Å². The van der Waals surface area contributed by atoms with Gasteiger partial charge in [0.2, 0.25) is 5.91 Å². The lowest BCUT2D eigenvalue weighted by Gasteiger charge is -2.25. The molecule has 9 heteroatoms. The van der Waals surface area contributed by atoms with Crippen LogP contribution < -0.4 is 11.1 Å². The molecule has 0 saturated heterocycles. The van der Waals surface area contributed by atoms with Crippen molar-refractivity contribution in [3.8, 4) is 0 Å². The van der Waals surface area contributed by atoms with Crippen molar-refractivity contribution in [3.63, 3.8) is 0 Å². The standard InChI is InChI=1S/C35H71N2O6P/c1-3-5-7-9-11-13-15-16-17-18-19-21-23-25-27-29-35(39)37-33(32-43-44(40,41)42-31-30-36)34(38)28-26-24-22-20-14-12-10-8-6-4-2/h16-17,33-34,38H,3-15,18-32,36H2,1-2H3,(H,37,39)(H,40,41)/b17-16-. The van der Waals surface area contributed by atoms with Crippen molar-refractivity contribution in [2.75, 3.05) is 19.8 Å². The van der Waals surface area contributed by atoms with Gasteiger partial charge in [-0.05, 0) is 38.5 Å². The molecule has 0 saturated carbocycles. The number of allylic oxidation sites excluding steroid dienone is 2. The quantitative estimate of drug-likeness (QED) is 0.0311. The molecule has 0 aliphatic heterocycles. The molecule has 3 unspecified atom stereocenters. The molecule has 0 aromatic rings. The van der Waals surface area contributed by atoms with E-state index in [0.717, 1.165) is 51.4 Å². The molecule has 0 rings (SSSR count). The van der Waals surface area contributed by atoms with Crippen LogP contribution in [0.5, 0.6) is 0 Å². The molecular weight excluding hydrogens is 575 g/mol. The third kappa shape index (κ3) is 29.9. The zero-order valence-corrected chi connectivity index (χ0v) is 29.6. The molecular formula is C35H71N2O6P. The van der Waals surface area contributed by atoms with Gasteiger partial charge in [0.05, 0.1) is 25.4 Å². The van der Waals surface area contributed by atoms with Gasteiger partial charge in [0, 0.05) is 13.0 Å². The van der Waals surface area contributed by atoms with E-state index in [0.29, 0.717) is 12.8 Å². The lowest BCUT2D eigenvalue weighted by Crippen LogP contribution is -2.46. The van der Waals surface area contributed by atoms with Crippen molar-refractivity contribution in [2.45, 2.75) is 187 Å². The number of carbonyl (C=O) groups is 1. The van der Waals surface area contributed by atoms with E-state index >= 15 is 0 Å². The Bertz CT molecular complexity index is 709. The van der Waals surface area contributed by atoms with E-state index in [4.69, 9.17) is 14.8 Å². The Morgan fingerprint density at radius 2 is 1.18 bits per heavy atom. The van der Waals surface area contributed by atoms with Gasteiger partial charge in [0.25, 0.3) is 0 Å². The molecule has 0 aromatic heterocycles. The van der Waals surface area contributed by atoms with E-state index in [9.17, 15) is 19.4 Å². The molecule has 5 N–H and O–H groups in total. The summed E-state index contributed by atoms with van der Waals surface area (Å²) in [6.07, 6.45) is 32.1. The van der Waals surface area contributed by atoms with E-state index in [2.05, 4.69) is 31.3 Å². The lowest BCUT2D eigenvalue weighted by molar-refractivity contribution is -0.123. The van der Waals surface area contributed by atoms with Crippen LogP contribution >= 0.6 is 7.82 Å². The van der Waals surface area contributed by atoms with E-state index in [-0.39, 0.29) is 25.7 Å². The summed E-state index contributed by atoms with van der Waals surface area (Å²) in [5.41, 5.74) is 5.35. The van der Waals surface area contributed by atoms with Gasteiger partial charge in [-0.15, -0.1) is 0 Å². The van der Waals surface area contributed by atoms with Gasteiger partial charge in [-0.25, -0.2) is 4.57 Å². The first-order chi connectivity index (χ1) is 21.4. The molecule has 0 spiro atoms. The fourth-order valence-corrected chi connectivity index (χ4v) is 6.07. The first kappa shape index (κ1) is 43.2. The predicted octanol–water partition coefficient (Wildman–Crippen LogP) is 9.27. The third-order valence-corrected chi connectivity index (χ3v) is 9.10. The van der Waals surface area contributed by atoms with Crippen LogP contribution in [0.1, 0.15) is 174 Å². The van der Waals surface area contributed by atoms with Crippen LogP contribution in [0.2, 0.25) is 0 Å². The van der Waals surface area contributed by atoms with E-state index in [1.807, 2.05) is 0 Å². The Labute approximate surface area is 271 Å². The highest BCUT2D eigenvalue weighted by atomic mass is 31.2. The highest BCUT2D eigenvalue weighted by Gasteiger charge is 2.27. The van der Waals surface area contributed by atoms with Crippen molar-refractivity contribution < 1.29 is 28.4 Å². The van der Waals surface area contributed by atoms with Crippen LogP contribution in [0.3, 0.4) is 0 Å². The summed E-state index contributed by atoms with van der Waals surface area (Å²) < 4.78 is 22.0. The minimum Gasteiger partial charge on any atom is -0.391 e. The SMILES string of the molecule is CCCCCCCC/C=C\CCCCCCCC(=O)NC(COP(=O)(O)OCCN)C(O)CCCCCCCCCCCC. The average molecular weight is 647 g/mol. The number of aliphatic hydroxyl groups excluding tert-OH is 1. The van der Waals surface area contributed by atoms with E-state index < -0.39 is 20.0 Å². The molecule has 0 aliphatic rings. The Kier molecular flexibility index (Phi) is 31.6. The molecule has 0 fully saturated rings. The number of carbonyl (C=O) groups excluding carboxylic acids is 1. The number of amides is 1. The maximum atomic E-state index is 12.7. The Hall–Kier alpha value is -0.760. The Morgan fingerprint density at radius 3 is 1.68 bits per heavy atom. The zero-order chi connectivity index (χ0) is 32.6. The summed E-state index contributed by atoms with van der Waals surface area (Å²) in [6, 6.07) is -0.772. The molecule has 8 nitrogen and oxygen atoms in total. The first-order valence-corrected chi connectivity index (χ1v) is 19.8. The molecule has 0 heterocycles. The number of phosphoric acid groups is 1. The number of hydrogen-bond donors (Lipinski definition) is 4. The van der Waals surface area contributed by atoms with Gasteiger partial charge in [-0.2, -0.15) is 0 Å². The highest BCUT2D eigenvalue weighted by Crippen LogP contribution is 2.43. The fourth-order valence-electron chi connectivity index (χ4n) is 5.31. The second-order valence-electron chi connectivity index (χ2n) is 12.4. The minimum absolute atomic E-state index is 0.0887. The number of nitrogens with two attached hydrogens (primary N) is 1. The first-order valence-electron chi connectivity index (χ1n) is 18.3. The van der Waals surface area contributed by atoms with Gasteiger partial charge < -0.3 is 21.1 Å². The number of phosphoric ester groups is 1. The summed E-state index contributed by atoms with van der Waals surface area (Å²) in [5, 5.41) is 13.7. The predicted molar refractivity (Wildman–Crippen MR) is 185 cm³/mol. The van der Waals surface area contributed by atoms with Crippen molar-refractivity contribution in [2.24, 2.45) is 5.73 Å². The van der Waals surface area contributed by atoms with Gasteiger partial charge in [0.1, 0.15) is 0 Å². The van der Waals surface area contributed by atoms with Crippen molar-refractivity contribution >= 4 is 13.7 Å². The van der Waals surface area contributed by atoms with Crippen LogP contribution in [0.15, 0.2) is 12.2 Å². The third-order valence-electron chi connectivity index (χ3n) is 8.12. The average Bonchev–Trinajstić information content (AvgIpc) is 3.01. The number of nitrogens with one attached hydrogen (secondary N) is 1. The molecule has 0 radical (unpaired) electrons. The summed E-state index contributed by atoms with van der Waals surface area (Å²) in [7, 11) is -4.30. The maximum Gasteiger partial charge on any atom is 0.472 e.